The molecule has 2 atom stereocenters. The fourth-order valence-electron chi connectivity index (χ4n) is 3.83. The lowest BCUT2D eigenvalue weighted by Crippen LogP contribution is -2.50. The first-order valence-electron chi connectivity index (χ1n) is 10.3. The first kappa shape index (κ1) is 20.2. The minimum absolute atomic E-state index is 0.276. The predicted octanol–water partition coefficient (Wildman–Crippen LogP) is 1.93. The second-order valence-corrected chi connectivity index (χ2v) is 7.88. The zero-order chi connectivity index (χ0) is 21.1. The van der Waals surface area contributed by atoms with Crippen molar-refractivity contribution in [3.8, 4) is 0 Å². The Kier molecular flexibility index (Phi) is 5.85. The molecular weight excluding hydrogens is 382 g/mol. The van der Waals surface area contributed by atoms with Crippen molar-refractivity contribution < 1.29 is 14.3 Å². The number of nitrogens with one attached hydrogen (secondary N) is 3. The van der Waals surface area contributed by atoms with E-state index in [4.69, 9.17) is 10.5 Å². The summed E-state index contributed by atoms with van der Waals surface area (Å²) in [6, 6.07) is 6.24. The van der Waals surface area contributed by atoms with E-state index in [1.54, 1.807) is 6.20 Å². The summed E-state index contributed by atoms with van der Waals surface area (Å²) >= 11 is 0. The fourth-order valence-corrected chi connectivity index (χ4v) is 3.83. The summed E-state index contributed by atoms with van der Waals surface area (Å²) in [5.74, 6) is 0.508. The van der Waals surface area contributed by atoms with Gasteiger partial charge in [0, 0.05) is 41.3 Å². The smallest absolute Gasteiger partial charge is 0.328 e. The number of rotatable bonds is 8. The van der Waals surface area contributed by atoms with Crippen molar-refractivity contribution in [2.75, 3.05) is 7.11 Å². The average Bonchev–Trinajstić information content (AvgIpc) is 3.33. The van der Waals surface area contributed by atoms with Gasteiger partial charge in [0.25, 0.3) is 0 Å². The number of amides is 1. The Hall–Kier alpha value is -3.13. The van der Waals surface area contributed by atoms with E-state index >= 15 is 0 Å². The van der Waals surface area contributed by atoms with Gasteiger partial charge in [-0.2, -0.15) is 0 Å². The first-order valence-corrected chi connectivity index (χ1v) is 10.3. The number of ether oxygens (including phenoxy) is 1. The molecule has 158 valence electrons. The number of carbonyl (C=O) groups is 2. The number of fused-ring (bicyclic) bond motifs is 1. The van der Waals surface area contributed by atoms with E-state index in [0.29, 0.717) is 12.3 Å². The molecule has 0 spiro atoms. The van der Waals surface area contributed by atoms with Gasteiger partial charge in [0.15, 0.2) is 0 Å². The summed E-state index contributed by atoms with van der Waals surface area (Å²) in [7, 11) is 1.31. The lowest BCUT2D eigenvalue weighted by Gasteiger charge is -2.23. The Morgan fingerprint density at radius 3 is 2.83 bits per heavy atom. The Bertz CT molecular complexity index is 1040. The maximum Gasteiger partial charge on any atom is 0.328 e. The topological polar surface area (TPSA) is 126 Å². The zero-order valence-electron chi connectivity index (χ0n) is 17.0. The number of carbonyl (C=O) groups excluding carboxylic acids is 2. The molecule has 30 heavy (non-hydrogen) atoms. The largest absolute Gasteiger partial charge is 0.467 e. The van der Waals surface area contributed by atoms with Crippen LogP contribution in [0.3, 0.4) is 0 Å². The van der Waals surface area contributed by atoms with Crippen LogP contribution < -0.4 is 11.1 Å². The van der Waals surface area contributed by atoms with E-state index in [2.05, 4.69) is 20.3 Å². The third-order valence-corrected chi connectivity index (χ3v) is 5.82. The van der Waals surface area contributed by atoms with E-state index in [0.717, 1.165) is 40.8 Å². The van der Waals surface area contributed by atoms with Gasteiger partial charge in [-0.15, -0.1) is 0 Å². The van der Waals surface area contributed by atoms with Gasteiger partial charge in [-0.05, 0) is 30.9 Å². The van der Waals surface area contributed by atoms with Crippen LogP contribution in [0.2, 0.25) is 0 Å². The quantitative estimate of drug-likeness (QED) is 0.423. The average molecular weight is 409 g/mol. The molecule has 0 radical (unpaired) electrons. The van der Waals surface area contributed by atoms with Crippen LogP contribution in [0.5, 0.6) is 0 Å². The van der Waals surface area contributed by atoms with Crippen LogP contribution in [-0.2, 0) is 27.2 Å². The van der Waals surface area contributed by atoms with E-state index in [1.807, 2.05) is 30.5 Å². The Balaban J connectivity index is 1.41. The number of methoxy groups -OCH3 is 1. The lowest BCUT2D eigenvalue weighted by atomic mass is 9.85. The van der Waals surface area contributed by atoms with Gasteiger partial charge in [0.05, 0.1) is 13.2 Å². The summed E-state index contributed by atoms with van der Waals surface area (Å²) in [6.07, 6.45) is 7.71. The summed E-state index contributed by atoms with van der Waals surface area (Å²) in [4.78, 5) is 35.9. The standard InChI is InChI=1S/C22H27N5O3/c1-30-22(29)19(10-15-12-25-20(26-15)13-5-4-6-13)27-21(28)17(23)9-14-11-24-18-8-3-2-7-16(14)18/h2-3,7-8,11-13,17,19,24H,4-6,9-10,23H2,1H3,(H,25,26)(H,27,28)/t17-,19-/m0/s1. The number of aromatic nitrogens is 3. The van der Waals surface area contributed by atoms with Crippen LogP contribution in [0.4, 0.5) is 0 Å². The molecule has 0 bridgehead atoms. The number of para-hydroxylation sites is 1. The molecule has 8 nitrogen and oxygen atoms in total. The highest BCUT2D eigenvalue weighted by molar-refractivity contribution is 5.89. The molecule has 1 amide bonds. The zero-order valence-corrected chi connectivity index (χ0v) is 17.0. The normalized spacial score (nSPS) is 16.1. The highest BCUT2D eigenvalue weighted by atomic mass is 16.5. The van der Waals surface area contributed by atoms with E-state index in [1.165, 1.54) is 13.5 Å². The maximum atomic E-state index is 12.7. The van der Waals surface area contributed by atoms with Crippen LogP contribution in [-0.4, -0.2) is 46.0 Å². The van der Waals surface area contributed by atoms with Gasteiger partial charge in [0.1, 0.15) is 11.9 Å². The summed E-state index contributed by atoms with van der Waals surface area (Å²) in [6.45, 7) is 0. The number of imidazole rings is 1. The minimum Gasteiger partial charge on any atom is -0.467 e. The van der Waals surface area contributed by atoms with Gasteiger partial charge < -0.3 is 25.8 Å². The maximum absolute atomic E-state index is 12.7. The number of hydrogen-bond donors (Lipinski definition) is 4. The second-order valence-electron chi connectivity index (χ2n) is 7.88. The van der Waals surface area contributed by atoms with Crippen LogP contribution in [0.1, 0.15) is 42.3 Å². The molecule has 2 aromatic heterocycles. The van der Waals surface area contributed by atoms with Gasteiger partial charge >= 0.3 is 5.97 Å². The Labute approximate surface area is 174 Å². The molecule has 5 N–H and O–H groups in total. The minimum atomic E-state index is -0.828. The molecule has 0 aliphatic heterocycles. The van der Waals surface area contributed by atoms with Crippen molar-refractivity contribution in [1.82, 2.24) is 20.3 Å². The van der Waals surface area contributed by atoms with Crippen LogP contribution >= 0.6 is 0 Å². The van der Waals surface area contributed by atoms with E-state index in [-0.39, 0.29) is 6.42 Å². The molecule has 1 saturated carbocycles. The van der Waals surface area contributed by atoms with Gasteiger partial charge in [-0.1, -0.05) is 24.6 Å². The molecule has 1 aliphatic rings. The van der Waals surface area contributed by atoms with Gasteiger partial charge in [0.2, 0.25) is 5.91 Å². The highest BCUT2D eigenvalue weighted by Gasteiger charge is 2.27. The Morgan fingerprint density at radius 2 is 2.10 bits per heavy atom. The van der Waals surface area contributed by atoms with Gasteiger partial charge in [-0.3, -0.25) is 4.79 Å². The van der Waals surface area contributed by atoms with E-state index in [9.17, 15) is 9.59 Å². The summed E-state index contributed by atoms with van der Waals surface area (Å²) in [5.41, 5.74) is 8.90. The van der Waals surface area contributed by atoms with Crippen LogP contribution in [0.15, 0.2) is 36.7 Å². The number of esters is 1. The number of hydrogen-bond acceptors (Lipinski definition) is 5. The number of benzene rings is 1. The van der Waals surface area contributed by atoms with E-state index < -0.39 is 24.0 Å². The SMILES string of the molecule is COC(=O)[C@H](Cc1cnc(C2CCC2)[nH]1)NC(=O)[C@@H](N)Cc1c[nH]c2ccccc12. The van der Waals surface area contributed by atoms with Crippen molar-refractivity contribution in [3.05, 3.63) is 53.7 Å². The third-order valence-electron chi connectivity index (χ3n) is 5.82. The number of nitrogens with zero attached hydrogens (tertiary/aromatic N) is 1. The fraction of sp³-hybridized carbons (Fsp3) is 0.409. The van der Waals surface area contributed by atoms with Gasteiger partial charge in [-0.25, -0.2) is 9.78 Å². The van der Waals surface area contributed by atoms with Crippen molar-refractivity contribution >= 4 is 22.8 Å². The second kappa shape index (κ2) is 8.71. The van der Waals surface area contributed by atoms with Crippen LogP contribution in [0.25, 0.3) is 10.9 Å². The summed E-state index contributed by atoms with van der Waals surface area (Å²) in [5, 5.41) is 3.78. The molecule has 0 saturated heterocycles. The molecule has 3 aromatic rings. The lowest BCUT2D eigenvalue weighted by molar-refractivity contribution is -0.145. The number of nitrogens with two attached hydrogens (primary N) is 1. The van der Waals surface area contributed by atoms with Crippen molar-refractivity contribution in [3.63, 3.8) is 0 Å². The molecule has 1 aromatic carbocycles. The third kappa shape index (κ3) is 4.23. The van der Waals surface area contributed by atoms with Crippen molar-refractivity contribution in [2.45, 2.75) is 50.1 Å². The monoisotopic (exact) mass is 409 g/mol. The first-order chi connectivity index (χ1) is 14.5. The predicted molar refractivity (Wildman–Crippen MR) is 113 cm³/mol. The molecule has 0 unspecified atom stereocenters. The Morgan fingerprint density at radius 1 is 1.30 bits per heavy atom. The molecule has 4 rings (SSSR count). The van der Waals surface area contributed by atoms with Crippen molar-refractivity contribution in [1.29, 1.82) is 0 Å². The molecule has 1 aliphatic carbocycles. The number of aromatic amines is 2. The molecule has 8 heteroatoms. The molecule has 2 heterocycles. The van der Waals surface area contributed by atoms with Crippen molar-refractivity contribution in [2.24, 2.45) is 5.73 Å². The highest BCUT2D eigenvalue weighted by Crippen LogP contribution is 2.34. The van der Waals surface area contributed by atoms with Crippen LogP contribution in [0, 0.1) is 0 Å². The number of H-pyrrole nitrogens is 2. The molecule has 1 fully saturated rings. The summed E-state index contributed by atoms with van der Waals surface area (Å²) < 4.78 is 4.88. The molecular formula is C22H27N5O3.